The van der Waals surface area contributed by atoms with Gasteiger partial charge in [0.2, 0.25) is 0 Å². The summed E-state index contributed by atoms with van der Waals surface area (Å²) in [5.74, 6) is 0. The fourth-order valence-corrected chi connectivity index (χ4v) is 2.06. The van der Waals surface area contributed by atoms with Crippen LogP contribution < -0.4 is 0 Å². The molecule has 1 aromatic heterocycles. The maximum Gasteiger partial charge on any atom is 0.0896 e. The number of allylic oxidation sites excluding steroid dienone is 5. The molecule has 0 N–H and O–H groups in total. The molecule has 0 saturated carbocycles. The molecule has 0 unspecified atom stereocenters. The Labute approximate surface area is 126 Å². The largest absolute Gasteiger partial charge is 0.252 e. The Bertz CT molecular complexity index is 741. The molecule has 0 fully saturated rings. The molecule has 2 aromatic rings. The Hall–Kier alpha value is -2.22. The van der Waals surface area contributed by atoms with Gasteiger partial charge in [-0.25, -0.2) is 4.98 Å². The second kappa shape index (κ2) is 6.49. The highest BCUT2D eigenvalue weighted by atomic mass is 14.8. The van der Waals surface area contributed by atoms with Gasteiger partial charge in [0.1, 0.15) is 0 Å². The molecule has 2 nitrogen and oxygen atoms in total. The highest BCUT2D eigenvalue weighted by molar-refractivity contribution is 5.75. The molecule has 108 valence electrons. The van der Waals surface area contributed by atoms with Gasteiger partial charge in [-0.15, -0.1) is 0 Å². The molecule has 0 amide bonds. The number of hydrogen-bond donors (Lipinski definition) is 0. The number of aryl methyl sites for hydroxylation is 1. The first kappa shape index (κ1) is 15.2. The summed E-state index contributed by atoms with van der Waals surface area (Å²) in [5.41, 5.74) is 7.76. The van der Waals surface area contributed by atoms with Crippen LogP contribution in [0.4, 0.5) is 0 Å². The van der Waals surface area contributed by atoms with Crippen molar-refractivity contribution in [3.8, 4) is 0 Å². The molecule has 1 heterocycles. The second-order valence-electron chi connectivity index (χ2n) is 5.80. The Morgan fingerprint density at radius 3 is 2.48 bits per heavy atom. The molecule has 0 atom stereocenters. The minimum absolute atomic E-state index is 0.883. The van der Waals surface area contributed by atoms with Gasteiger partial charge in [-0.3, -0.25) is 4.98 Å². The summed E-state index contributed by atoms with van der Waals surface area (Å²) < 4.78 is 0. The van der Waals surface area contributed by atoms with Crippen molar-refractivity contribution < 1.29 is 0 Å². The smallest absolute Gasteiger partial charge is 0.0896 e. The van der Waals surface area contributed by atoms with Crippen LogP contribution in [-0.4, -0.2) is 9.97 Å². The first-order valence-electron chi connectivity index (χ1n) is 7.19. The van der Waals surface area contributed by atoms with Crippen LogP contribution >= 0.6 is 0 Å². The fraction of sp³-hybridized carbons (Fsp3) is 0.263. The van der Waals surface area contributed by atoms with Crippen molar-refractivity contribution in [2.75, 3.05) is 0 Å². The first-order valence-corrected chi connectivity index (χ1v) is 7.19. The van der Waals surface area contributed by atoms with Crippen LogP contribution in [0.15, 0.2) is 53.3 Å². The maximum absolute atomic E-state index is 4.65. The molecule has 21 heavy (non-hydrogen) atoms. The van der Waals surface area contributed by atoms with Crippen LogP contribution in [0.5, 0.6) is 0 Å². The molecule has 0 spiro atoms. The number of hydrogen-bond acceptors (Lipinski definition) is 2. The lowest BCUT2D eigenvalue weighted by molar-refractivity contribution is 1.25. The van der Waals surface area contributed by atoms with E-state index in [2.05, 4.69) is 68.9 Å². The Balaban J connectivity index is 2.36. The SMILES string of the molecule is CC(C)=CC(/C=C/c1cnc2ccc(C)cc2n1)=C(C)C. The van der Waals surface area contributed by atoms with Crippen LogP contribution in [0.25, 0.3) is 17.1 Å². The molecule has 0 saturated heterocycles. The lowest BCUT2D eigenvalue weighted by Gasteiger charge is -2.02. The Morgan fingerprint density at radius 1 is 1.05 bits per heavy atom. The number of nitrogens with zero attached hydrogens (tertiary/aromatic N) is 2. The predicted octanol–water partition coefficient (Wildman–Crippen LogP) is 5.25. The summed E-state index contributed by atoms with van der Waals surface area (Å²) >= 11 is 0. The molecular weight excluding hydrogens is 256 g/mol. The van der Waals surface area contributed by atoms with E-state index >= 15 is 0 Å². The van der Waals surface area contributed by atoms with Crippen molar-refractivity contribution in [2.45, 2.75) is 34.6 Å². The number of benzene rings is 1. The zero-order valence-electron chi connectivity index (χ0n) is 13.4. The third kappa shape index (κ3) is 4.12. The van der Waals surface area contributed by atoms with Gasteiger partial charge in [0, 0.05) is 0 Å². The maximum atomic E-state index is 4.65. The highest BCUT2D eigenvalue weighted by Gasteiger charge is 1.98. The Morgan fingerprint density at radius 2 is 1.81 bits per heavy atom. The summed E-state index contributed by atoms with van der Waals surface area (Å²) in [4.78, 5) is 9.11. The number of aromatic nitrogens is 2. The Kier molecular flexibility index (Phi) is 4.69. The molecule has 2 rings (SSSR count). The van der Waals surface area contributed by atoms with E-state index in [-0.39, 0.29) is 0 Å². The van der Waals surface area contributed by atoms with Gasteiger partial charge in [-0.2, -0.15) is 0 Å². The van der Waals surface area contributed by atoms with E-state index < -0.39 is 0 Å². The van der Waals surface area contributed by atoms with Crippen LogP contribution in [0.2, 0.25) is 0 Å². The van der Waals surface area contributed by atoms with Gasteiger partial charge in [0.05, 0.1) is 22.9 Å². The van der Waals surface area contributed by atoms with Gasteiger partial charge < -0.3 is 0 Å². The van der Waals surface area contributed by atoms with Gasteiger partial charge in [0.25, 0.3) is 0 Å². The third-order valence-electron chi connectivity index (χ3n) is 3.17. The summed E-state index contributed by atoms with van der Waals surface area (Å²) in [5, 5.41) is 0. The second-order valence-corrected chi connectivity index (χ2v) is 5.80. The van der Waals surface area contributed by atoms with Crippen molar-refractivity contribution in [3.63, 3.8) is 0 Å². The van der Waals surface area contributed by atoms with E-state index in [1.54, 1.807) is 0 Å². The monoisotopic (exact) mass is 278 g/mol. The van der Waals surface area contributed by atoms with Crippen LogP contribution in [0.1, 0.15) is 39.0 Å². The normalized spacial score (nSPS) is 10.9. The van der Waals surface area contributed by atoms with E-state index in [1.165, 1.54) is 22.3 Å². The van der Waals surface area contributed by atoms with Crippen molar-refractivity contribution in [2.24, 2.45) is 0 Å². The average Bonchev–Trinajstić information content (AvgIpc) is 2.42. The van der Waals surface area contributed by atoms with Crippen molar-refractivity contribution in [3.05, 3.63) is 64.5 Å². The van der Waals surface area contributed by atoms with E-state index in [4.69, 9.17) is 0 Å². The number of rotatable bonds is 3. The lowest BCUT2D eigenvalue weighted by atomic mass is 10.1. The lowest BCUT2D eigenvalue weighted by Crippen LogP contribution is -1.88. The summed E-state index contributed by atoms with van der Waals surface area (Å²) in [6, 6.07) is 6.14. The van der Waals surface area contributed by atoms with Crippen LogP contribution in [-0.2, 0) is 0 Å². The number of fused-ring (bicyclic) bond motifs is 1. The quantitative estimate of drug-likeness (QED) is 0.716. The van der Waals surface area contributed by atoms with Crippen LogP contribution in [0.3, 0.4) is 0 Å². The highest BCUT2D eigenvalue weighted by Crippen LogP contribution is 2.15. The first-order chi connectivity index (χ1) is 9.95. The van der Waals surface area contributed by atoms with Gasteiger partial charge >= 0.3 is 0 Å². The topological polar surface area (TPSA) is 25.8 Å². The van der Waals surface area contributed by atoms with Gasteiger partial charge in [-0.05, 0) is 64.0 Å². The minimum atomic E-state index is 0.883. The molecular formula is C19H22N2. The van der Waals surface area contributed by atoms with Crippen molar-refractivity contribution in [1.82, 2.24) is 9.97 Å². The zero-order chi connectivity index (χ0) is 15.4. The van der Waals surface area contributed by atoms with E-state index in [0.29, 0.717) is 0 Å². The van der Waals surface area contributed by atoms with Crippen molar-refractivity contribution >= 4 is 17.1 Å². The molecule has 2 heteroatoms. The molecule has 0 aliphatic rings. The molecule has 0 aliphatic carbocycles. The zero-order valence-corrected chi connectivity index (χ0v) is 13.4. The average molecular weight is 278 g/mol. The summed E-state index contributed by atoms with van der Waals surface area (Å²) in [6.07, 6.45) is 8.13. The summed E-state index contributed by atoms with van der Waals surface area (Å²) in [7, 11) is 0. The molecule has 0 aliphatic heterocycles. The molecule has 1 aromatic carbocycles. The third-order valence-corrected chi connectivity index (χ3v) is 3.17. The minimum Gasteiger partial charge on any atom is -0.252 e. The molecule has 0 radical (unpaired) electrons. The standard InChI is InChI=1S/C19H22N2/c1-13(2)10-16(14(3)4)7-8-17-12-20-18-9-6-15(5)11-19(18)21-17/h6-12H,1-5H3/b8-7+. The van der Waals surface area contributed by atoms with Gasteiger partial charge in [0.15, 0.2) is 0 Å². The summed E-state index contributed by atoms with van der Waals surface area (Å²) in [6.45, 7) is 10.5. The van der Waals surface area contributed by atoms with E-state index in [0.717, 1.165) is 16.7 Å². The van der Waals surface area contributed by atoms with E-state index in [1.807, 2.05) is 18.3 Å². The molecule has 0 bridgehead atoms. The van der Waals surface area contributed by atoms with Crippen LogP contribution in [0, 0.1) is 6.92 Å². The fourth-order valence-electron chi connectivity index (χ4n) is 2.06. The van der Waals surface area contributed by atoms with E-state index in [9.17, 15) is 0 Å². The predicted molar refractivity (Wildman–Crippen MR) is 91.1 cm³/mol. The van der Waals surface area contributed by atoms with Gasteiger partial charge in [-0.1, -0.05) is 29.4 Å². The van der Waals surface area contributed by atoms with Crippen molar-refractivity contribution in [1.29, 1.82) is 0 Å².